The van der Waals surface area contributed by atoms with Crippen molar-refractivity contribution < 1.29 is 28.6 Å². The Morgan fingerprint density at radius 3 is 2.31 bits per heavy atom. The Kier molecular flexibility index (Phi) is 8.17. The maximum absolute atomic E-state index is 12.9. The van der Waals surface area contributed by atoms with E-state index in [-0.39, 0.29) is 34.1 Å². The zero-order valence-electron chi connectivity index (χ0n) is 19.1. The van der Waals surface area contributed by atoms with Crippen molar-refractivity contribution in [1.29, 1.82) is 0 Å². The second-order valence-corrected chi connectivity index (χ2v) is 10.3. The molecule has 10 heteroatoms. The van der Waals surface area contributed by atoms with Gasteiger partial charge < -0.3 is 14.2 Å². The molecule has 1 heterocycles. The molecule has 1 aliphatic rings. The molecule has 3 aromatic carbocycles. The molecular formula is C26H19Br2NO6S. The van der Waals surface area contributed by atoms with Crippen LogP contribution in [0.15, 0.2) is 74.5 Å². The van der Waals surface area contributed by atoms with Gasteiger partial charge in [0.2, 0.25) is 0 Å². The number of methoxy groups -OCH3 is 2. The number of carbonyl (C=O) groups excluding carboxylic acids is 3. The molecule has 1 aliphatic heterocycles. The highest BCUT2D eigenvalue weighted by molar-refractivity contribution is 9.10. The van der Waals surface area contributed by atoms with Gasteiger partial charge in [0.25, 0.3) is 11.1 Å². The van der Waals surface area contributed by atoms with E-state index in [1.807, 2.05) is 24.3 Å². The summed E-state index contributed by atoms with van der Waals surface area (Å²) in [6.07, 6.45) is 1.61. The van der Waals surface area contributed by atoms with Crippen molar-refractivity contribution in [2.24, 2.45) is 0 Å². The zero-order chi connectivity index (χ0) is 25.8. The first-order valence-electron chi connectivity index (χ1n) is 10.5. The molecule has 2 amide bonds. The van der Waals surface area contributed by atoms with Crippen LogP contribution in [0.1, 0.15) is 21.5 Å². The van der Waals surface area contributed by atoms with Crippen molar-refractivity contribution in [2.75, 3.05) is 14.2 Å². The second-order valence-electron chi connectivity index (χ2n) is 7.55. The molecule has 0 saturated carbocycles. The number of benzene rings is 3. The van der Waals surface area contributed by atoms with Crippen LogP contribution in [0.2, 0.25) is 0 Å². The normalized spacial score (nSPS) is 14.3. The molecule has 36 heavy (non-hydrogen) atoms. The minimum atomic E-state index is -0.571. The molecule has 4 rings (SSSR count). The predicted molar refractivity (Wildman–Crippen MR) is 144 cm³/mol. The molecule has 0 aliphatic carbocycles. The Bertz CT molecular complexity index is 1360. The highest BCUT2D eigenvalue weighted by Gasteiger charge is 2.35. The van der Waals surface area contributed by atoms with Crippen molar-refractivity contribution in [3.8, 4) is 17.2 Å². The largest absolute Gasteiger partial charge is 0.497 e. The van der Waals surface area contributed by atoms with Gasteiger partial charge in [0.1, 0.15) is 5.75 Å². The Balaban J connectivity index is 1.54. The maximum atomic E-state index is 12.9. The van der Waals surface area contributed by atoms with Crippen LogP contribution in [0.25, 0.3) is 6.08 Å². The van der Waals surface area contributed by atoms with E-state index >= 15 is 0 Å². The molecule has 0 spiro atoms. The number of hydrogen-bond acceptors (Lipinski definition) is 7. The summed E-state index contributed by atoms with van der Waals surface area (Å²) >= 11 is 7.67. The minimum Gasteiger partial charge on any atom is -0.497 e. The van der Waals surface area contributed by atoms with Gasteiger partial charge in [-0.1, -0.05) is 28.1 Å². The third kappa shape index (κ3) is 5.83. The lowest BCUT2D eigenvalue weighted by molar-refractivity contribution is -0.123. The first kappa shape index (κ1) is 26.0. The number of imide groups is 1. The van der Waals surface area contributed by atoms with Gasteiger partial charge in [0.15, 0.2) is 11.5 Å². The van der Waals surface area contributed by atoms with Crippen LogP contribution in [-0.2, 0) is 11.3 Å². The van der Waals surface area contributed by atoms with E-state index < -0.39 is 5.97 Å². The molecule has 1 fully saturated rings. The summed E-state index contributed by atoms with van der Waals surface area (Å²) < 4.78 is 17.5. The summed E-state index contributed by atoms with van der Waals surface area (Å²) in [6, 6.07) is 17.3. The van der Waals surface area contributed by atoms with Gasteiger partial charge in [-0.25, -0.2) is 4.79 Å². The van der Waals surface area contributed by atoms with Crippen LogP contribution in [0, 0.1) is 0 Å². The fourth-order valence-corrected chi connectivity index (χ4v) is 5.00. The minimum absolute atomic E-state index is 0.183. The number of carbonyl (C=O) groups is 3. The smallest absolute Gasteiger partial charge is 0.343 e. The monoisotopic (exact) mass is 631 g/mol. The van der Waals surface area contributed by atoms with Crippen molar-refractivity contribution in [3.05, 3.63) is 91.2 Å². The highest BCUT2D eigenvalue weighted by atomic mass is 79.9. The lowest BCUT2D eigenvalue weighted by atomic mass is 10.1. The van der Waals surface area contributed by atoms with E-state index in [4.69, 9.17) is 14.2 Å². The summed E-state index contributed by atoms with van der Waals surface area (Å²) in [5.74, 6) is 0.151. The quantitative estimate of drug-likeness (QED) is 0.163. The third-order valence-corrected chi connectivity index (χ3v) is 7.22. The van der Waals surface area contributed by atoms with Crippen LogP contribution in [0.4, 0.5) is 4.79 Å². The molecule has 3 aromatic rings. The fraction of sp³-hybridized carbons (Fsp3) is 0.115. The number of ether oxygens (including phenoxy) is 3. The van der Waals surface area contributed by atoms with Crippen molar-refractivity contribution in [2.45, 2.75) is 6.54 Å². The molecule has 0 unspecified atom stereocenters. The van der Waals surface area contributed by atoms with Crippen LogP contribution >= 0.6 is 43.6 Å². The first-order valence-corrected chi connectivity index (χ1v) is 12.9. The molecule has 7 nitrogen and oxygen atoms in total. The number of nitrogens with zero attached hydrogens (tertiary/aromatic N) is 1. The first-order chi connectivity index (χ1) is 17.3. The predicted octanol–water partition coefficient (Wildman–Crippen LogP) is 6.68. The van der Waals surface area contributed by atoms with Gasteiger partial charge in [-0.05, 0) is 93.4 Å². The summed E-state index contributed by atoms with van der Waals surface area (Å²) in [6.45, 7) is 0.183. The van der Waals surface area contributed by atoms with Gasteiger partial charge >= 0.3 is 5.97 Å². The summed E-state index contributed by atoms with van der Waals surface area (Å²) in [5, 5.41) is -0.342. The Morgan fingerprint density at radius 1 is 0.972 bits per heavy atom. The Labute approximate surface area is 228 Å². The van der Waals surface area contributed by atoms with Gasteiger partial charge in [-0.2, -0.15) is 0 Å². The van der Waals surface area contributed by atoms with E-state index in [9.17, 15) is 14.4 Å². The SMILES string of the molecule is COc1ccc(C(=O)Oc2c(Br)cc(/C=C3\SC(=O)N(Cc4ccc(Br)cc4)C3=O)cc2OC)cc1. The molecular weight excluding hydrogens is 614 g/mol. The van der Waals surface area contributed by atoms with Crippen molar-refractivity contribution in [3.63, 3.8) is 0 Å². The Hall–Kier alpha value is -3.08. The average molecular weight is 633 g/mol. The van der Waals surface area contributed by atoms with E-state index in [2.05, 4.69) is 31.9 Å². The average Bonchev–Trinajstić information content (AvgIpc) is 3.13. The van der Waals surface area contributed by atoms with Gasteiger partial charge in [-0.15, -0.1) is 0 Å². The van der Waals surface area contributed by atoms with Crippen molar-refractivity contribution >= 4 is 66.8 Å². The molecule has 0 N–H and O–H groups in total. The molecule has 0 bridgehead atoms. The second kappa shape index (κ2) is 11.3. The lowest BCUT2D eigenvalue weighted by Gasteiger charge is -2.13. The van der Waals surface area contributed by atoms with Crippen molar-refractivity contribution in [1.82, 2.24) is 4.90 Å². The number of rotatable bonds is 7. The van der Waals surface area contributed by atoms with Gasteiger partial charge in [0.05, 0.1) is 35.7 Å². The maximum Gasteiger partial charge on any atom is 0.343 e. The topological polar surface area (TPSA) is 82.1 Å². The van der Waals surface area contributed by atoms with Crippen LogP contribution in [-0.4, -0.2) is 36.2 Å². The molecule has 0 atom stereocenters. The summed E-state index contributed by atoms with van der Waals surface area (Å²) in [4.78, 5) is 39.6. The van der Waals surface area contributed by atoms with Gasteiger partial charge in [-0.3, -0.25) is 14.5 Å². The van der Waals surface area contributed by atoms with E-state index in [1.165, 1.54) is 12.0 Å². The van der Waals surface area contributed by atoms with E-state index in [0.717, 1.165) is 21.8 Å². The number of halogens is 2. The van der Waals surface area contributed by atoms with Crippen LogP contribution in [0.5, 0.6) is 17.2 Å². The van der Waals surface area contributed by atoms with Gasteiger partial charge in [0, 0.05) is 4.47 Å². The van der Waals surface area contributed by atoms with Crippen LogP contribution < -0.4 is 14.2 Å². The summed E-state index contributed by atoms with van der Waals surface area (Å²) in [7, 11) is 2.99. The lowest BCUT2D eigenvalue weighted by Crippen LogP contribution is -2.27. The van der Waals surface area contributed by atoms with Crippen LogP contribution in [0.3, 0.4) is 0 Å². The standard InChI is InChI=1S/C26H19Br2NO6S/c1-33-19-9-5-17(6-10-19)25(31)35-23-20(28)11-16(12-21(23)34-2)13-22-24(30)29(26(32)36-22)14-15-3-7-18(27)8-4-15/h3-13H,14H2,1-2H3/b22-13-. The number of amides is 2. The highest BCUT2D eigenvalue weighted by Crippen LogP contribution is 2.40. The number of esters is 1. The molecule has 0 aromatic heterocycles. The number of thioether (sulfide) groups is 1. The summed E-state index contributed by atoms with van der Waals surface area (Å²) in [5.41, 5.74) is 1.78. The molecule has 184 valence electrons. The Morgan fingerprint density at radius 2 is 1.67 bits per heavy atom. The van der Waals surface area contributed by atoms with E-state index in [0.29, 0.717) is 21.3 Å². The zero-order valence-corrected chi connectivity index (χ0v) is 23.1. The third-order valence-electron chi connectivity index (χ3n) is 5.20. The fourth-order valence-electron chi connectivity index (χ4n) is 3.36. The molecule has 0 radical (unpaired) electrons. The van der Waals surface area contributed by atoms with E-state index in [1.54, 1.807) is 49.6 Å². The number of hydrogen-bond donors (Lipinski definition) is 0. The molecule has 1 saturated heterocycles.